The minimum absolute atomic E-state index is 0.00731. The van der Waals surface area contributed by atoms with Gasteiger partial charge in [0.15, 0.2) is 0 Å². The fourth-order valence-corrected chi connectivity index (χ4v) is 3.29. The molecule has 4 rings (SSSR count). The zero-order valence-corrected chi connectivity index (χ0v) is 15.9. The van der Waals surface area contributed by atoms with Crippen LogP contribution in [0.25, 0.3) is 11.1 Å². The number of carbonyl (C=O) groups is 3. The second-order valence-corrected chi connectivity index (χ2v) is 6.92. The normalized spacial score (nSPS) is 12.8. The van der Waals surface area contributed by atoms with Gasteiger partial charge in [-0.15, -0.1) is 0 Å². The standard InChI is InChI=1S/C24H19NO4/c1-16-6-8-17(9-7-16)18-10-12-19(13-11-18)29-22(26)14-15-25-23(27)20-4-2-3-5-21(20)24(25)28/h2-13H,14-15H2,1H3. The summed E-state index contributed by atoms with van der Waals surface area (Å²) in [6.07, 6.45) is -0.0643. The number of imide groups is 1. The predicted octanol–water partition coefficient (Wildman–Crippen LogP) is 4.25. The van der Waals surface area contributed by atoms with E-state index in [-0.39, 0.29) is 24.8 Å². The van der Waals surface area contributed by atoms with Gasteiger partial charge in [-0.25, -0.2) is 0 Å². The first kappa shape index (κ1) is 18.6. The SMILES string of the molecule is Cc1ccc(-c2ccc(OC(=O)CCN3C(=O)c4ccccc4C3=O)cc2)cc1. The van der Waals surface area contributed by atoms with Crippen LogP contribution >= 0.6 is 0 Å². The quantitative estimate of drug-likeness (QED) is 0.374. The van der Waals surface area contributed by atoms with Gasteiger partial charge in [-0.05, 0) is 42.3 Å². The number of nitrogens with zero attached hydrogens (tertiary/aromatic N) is 1. The lowest BCUT2D eigenvalue weighted by molar-refractivity contribution is -0.134. The van der Waals surface area contributed by atoms with Crippen LogP contribution < -0.4 is 4.74 Å². The van der Waals surface area contributed by atoms with Crippen molar-refractivity contribution in [2.75, 3.05) is 6.54 Å². The molecular weight excluding hydrogens is 366 g/mol. The third kappa shape index (κ3) is 3.80. The highest BCUT2D eigenvalue weighted by atomic mass is 16.5. The van der Waals surface area contributed by atoms with Gasteiger partial charge in [0, 0.05) is 6.54 Å². The summed E-state index contributed by atoms with van der Waals surface area (Å²) in [6.45, 7) is 2.03. The molecule has 0 bridgehead atoms. The molecule has 0 aliphatic carbocycles. The average molecular weight is 385 g/mol. The fourth-order valence-electron chi connectivity index (χ4n) is 3.29. The third-order valence-electron chi connectivity index (χ3n) is 4.89. The van der Waals surface area contributed by atoms with E-state index in [4.69, 9.17) is 4.74 Å². The Labute approximate surface area is 168 Å². The van der Waals surface area contributed by atoms with Crippen LogP contribution in [0.15, 0.2) is 72.8 Å². The Bertz CT molecular complexity index is 1050. The van der Waals surface area contributed by atoms with E-state index in [0.29, 0.717) is 16.9 Å². The molecule has 2 amide bonds. The maximum Gasteiger partial charge on any atom is 0.312 e. The van der Waals surface area contributed by atoms with Crippen molar-refractivity contribution in [3.63, 3.8) is 0 Å². The zero-order valence-electron chi connectivity index (χ0n) is 15.9. The molecule has 0 spiro atoms. The van der Waals surface area contributed by atoms with Crippen LogP contribution in [0.1, 0.15) is 32.7 Å². The number of rotatable bonds is 5. The van der Waals surface area contributed by atoms with Crippen molar-refractivity contribution in [2.24, 2.45) is 0 Å². The summed E-state index contributed by atoms with van der Waals surface area (Å²) >= 11 is 0. The first-order valence-corrected chi connectivity index (χ1v) is 9.36. The zero-order chi connectivity index (χ0) is 20.4. The summed E-state index contributed by atoms with van der Waals surface area (Å²) in [5.74, 6) is -0.820. The number of fused-ring (bicyclic) bond motifs is 1. The van der Waals surface area contributed by atoms with Gasteiger partial charge in [0.25, 0.3) is 11.8 Å². The molecule has 0 fully saturated rings. The Morgan fingerprint density at radius 2 is 1.31 bits per heavy atom. The lowest BCUT2D eigenvalue weighted by atomic mass is 10.0. The molecule has 3 aromatic rings. The number of hydrogen-bond donors (Lipinski definition) is 0. The van der Waals surface area contributed by atoms with Crippen molar-refractivity contribution in [2.45, 2.75) is 13.3 Å². The lowest BCUT2D eigenvalue weighted by Crippen LogP contribution is -2.32. The highest BCUT2D eigenvalue weighted by molar-refractivity contribution is 6.21. The first-order chi connectivity index (χ1) is 14.0. The van der Waals surface area contributed by atoms with E-state index in [0.717, 1.165) is 16.0 Å². The minimum atomic E-state index is -0.496. The van der Waals surface area contributed by atoms with Crippen LogP contribution in [0, 0.1) is 6.92 Å². The Kier molecular flexibility index (Phi) is 4.96. The van der Waals surface area contributed by atoms with Crippen LogP contribution in [-0.4, -0.2) is 29.2 Å². The van der Waals surface area contributed by atoms with Gasteiger partial charge in [0.1, 0.15) is 5.75 Å². The van der Waals surface area contributed by atoms with Crippen molar-refractivity contribution in [1.29, 1.82) is 0 Å². The lowest BCUT2D eigenvalue weighted by Gasteiger charge is -2.13. The smallest absolute Gasteiger partial charge is 0.312 e. The highest BCUT2D eigenvalue weighted by Crippen LogP contribution is 2.24. The molecule has 1 aliphatic heterocycles. The Balaban J connectivity index is 1.35. The monoisotopic (exact) mass is 385 g/mol. The van der Waals surface area contributed by atoms with Gasteiger partial charge in [-0.2, -0.15) is 0 Å². The highest BCUT2D eigenvalue weighted by Gasteiger charge is 2.35. The van der Waals surface area contributed by atoms with Crippen LogP contribution in [-0.2, 0) is 4.79 Å². The summed E-state index contributed by atoms with van der Waals surface area (Å²) in [6, 6.07) is 22.1. The summed E-state index contributed by atoms with van der Waals surface area (Å²) in [5.41, 5.74) is 4.04. The van der Waals surface area contributed by atoms with Gasteiger partial charge >= 0.3 is 5.97 Å². The summed E-state index contributed by atoms with van der Waals surface area (Å²) in [7, 11) is 0. The third-order valence-corrected chi connectivity index (χ3v) is 4.89. The largest absolute Gasteiger partial charge is 0.426 e. The number of ether oxygens (including phenoxy) is 1. The first-order valence-electron chi connectivity index (χ1n) is 9.36. The van der Waals surface area contributed by atoms with E-state index in [2.05, 4.69) is 0 Å². The van der Waals surface area contributed by atoms with Crippen molar-refractivity contribution >= 4 is 17.8 Å². The minimum Gasteiger partial charge on any atom is -0.426 e. The summed E-state index contributed by atoms with van der Waals surface area (Å²) < 4.78 is 5.34. The predicted molar refractivity (Wildman–Crippen MR) is 109 cm³/mol. The van der Waals surface area contributed by atoms with Crippen LogP contribution in [0.5, 0.6) is 5.75 Å². The van der Waals surface area contributed by atoms with Crippen LogP contribution in [0.3, 0.4) is 0 Å². The number of carbonyl (C=O) groups excluding carboxylic acids is 3. The van der Waals surface area contributed by atoms with Crippen LogP contribution in [0.4, 0.5) is 0 Å². The average Bonchev–Trinajstić information content (AvgIpc) is 2.98. The number of aryl methyl sites for hydroxylation is 1. The van der Waals surface area contributed by atoms with Crippen molar-refractivity contribution in [3.05, 3.63) is 89.5 Å². The Hall–Kier alpha value is -3.73. The maximum atomic E-state index is 12.3. The van der Waals surface area contributed by atoms with Crippen molar-refractivity contribution in [3.8, 4) is 16.9 Å². The molecule has 0 aromatic heterocycles. The van der Waals surface area contributed by atoms with Crippen molar-refractivity contribution in [1.82, 2.24) is 4.90 Å². The molecule has 1 heterocycles. The molecule has 0 saturated heterocycles. The van der Waals surface area contributed by atoms with Gasteiger partial charge < -0.3 is 4.74 Å². The van der Waals surface area contributed by atoms with Gasteiger partial charge in [0.05, 0.1) is 17.5 Å². The molecule has 0 N–H and O–H groups in total. The molecule has 0 radical (unpaired) electrons. The molecule has 1 aliphatic rings. The molecule has 5 heteroatoms. The second kappa shape index (κ2) is 7.72. The van der Waals surface area contributed by atoms with Crippen LogP contribution in [0.2, 0.25) is 0 Å². The Morgan fingerprint density at radius 1 is 0.793 bits per heavy atom. The van der Waals surface area contributed by atoms with E-state index >= 15 is 0 Å². The maximum absolute atomic E-state index is 12.3. The molecule has 144 valence electrons. The van der Waals surface area contributed by atoms with E-state index in [9.17, 15) is 14.4 Å². The molecule has 0 saturated carbocycles. The van der Waals surface area contributed by atoms with Crippen molar-refractivity contribution < 1.29 is 19.1 Å². The second-order valence-electron chi connectivity index (χ2n) is 6.92. The van der Waals surface area contributed by atoms with E-state index < -0.39 is 5.97 Å². The number of esters is 1. The van der Waals surface area contributed by atoms with Gasteiger partial charge in [0.2, 0.25) is 0 Å². The number of benzene rings is 3. The molecule has 0 atom stereocenters. The summed E-state index contributed by atoms with van der Waals surface area (Å²) in [4.78, 5) is 37.9. The Morgan fingerprint density at radius 3 is 1.86 bits per heavy atom. The van der Waals surface area contributed by atoms with Gasteiger partial charge in [-0.3, -0.25) is 19.3 Å². The summed E-state index contributed by atoms with van der Waals surface area (Å²) in [5, 5.41) is 0. The number of hydrogen-bond acceptors (Lipinski definition) is 4. The molecule has 5 nitrogen and oxygen atoms in total. The van der Waals surface area contributed by atoms with Gasteiger partial charge in [-0.1, -0.05) is 54.1 Å². The van der Waals surface area contributed by atoms with E-state index in [1.165, 1.54) is 5.56 Å². The van der Waals surface area contributed by atoms with E-state index in [1.54, 1.807) is 36.4 Å². The molecule has 0 unspecified atom stereocenters. The molecule has 3 aromatic carbocycles. The molecular formula is C24H19NO4. The number of amides is 2. The fraction of sp³-hybridized carbons (Fsp3) is 0.125. The molecule has 29 heavy (non-hydrogen) atoms. The topological polar surface area (TPSA) is 63.7 Å². The van der Waals surface area contributed by atoms with E-state index in [1.807, 2.05) is 43.3 Å².